The van der Waals surface area contributed by atoms with E-state index in [0.29, 0.717) is 5.92 Å². The van der Waals surface area contributed by atoms with Gasteiger partial charge in [0.2, 0.25) is 0 Å². The van der Waals surface area contributed by atoms with E-state index in [0.717, 1.165) is 32.4 Å². The number of rotatable bonds is 10. The summed E-state index contributed by atoms with van der Waals surface area (Å²) in [4.78, 5) is 0. The second kappa shape index (κ2) is 13.4. The molecule has 264 valence electrons. The maximum absolute atomic E-state index is 2.51. The van der Waals surface area contributed by atoms with Crippen molar-refractivity contribution in [3.63, 3.8) is 0 Å². The largest absolute Gasteiger partial charge is 0.340 e. The van der Waals surface area contributed by atoms with Crippen LogP contribution in [0.15, 0.2) is 158 Å². The molecule has 0 aliphatic rings. The normalized spacial score (nSPS) is 12.1. The van der Waals surface area contributed by atoms with Gasteiger partial charge in [-0.3, -0.25) is 0 Å². The third-order valence-corrected chi connectivity index (χ3v) is 11.7. The Morgan fingerprint density at radius 2 is 0.759 bits per heavy atom. The molecule has 3 heterocycles. The van der Waals surface area contributed by atoms with E-state index in [1.165, 1.54) is 94.2 Å². The average Bonchev–Trinajstić information content (AvgIpc) is 3.84. The van der Waals surface area contributed by atoms with Gasteiger partial charge in [0, 0.05) is 73.2 Å². The van der Waals surface area contributed by atoms with Gasteiger partial charge in [0.15, 0.2) is 0 Å². The maximum Gasteiger partial charge on any atom is 0.0541 e. The Labute approximate surface area is 316 Å². The summed E-state index contributed by atoms with van der Waals surface area (Å²) in [7, 11) is 0. The molecule has 10 aromatic rings. The lowest BCUT2D eigenvalue weighted by Crippen LogP contribution is -2.01. The minimum atomic E-state index is 0.704. The monoisotopic (exact) mass is 699 g/mol. The van der Waals surface area contributed by atoms with Crippen LogP contribution in [0.1, 0.15) is 37.0 Å². The molecule has 0 fully saturated rings. The summed E-state index contributed by atoms with van der Waals surface area (Å²) in [5.74, 6) is 0.704. The molecular weight excluding hydrogens is 655 g/mol. The first-order chi connectivity index (χ1) is 26.6. The van der Waals surface area contributed by atoms with Gasteiger partial charge in [0.1, 0.15) is 0 Å². The summed E-state index contributed by atoms with van der Waals surface area (Å²) in [6.45, 7) is 6.47. The van der Waals surface area contributed by atoms with Gasteiger partial charge in [-0.2, -0.15) is 0 Å². The van der Waals surface area contributed by atoms with Gasteiger partial charge in [-0.15, -0.1) is 0 Å². The molecule has 54 heavy (non-hydrogen) atoms. The summed E-state index contributed by atoms with van der Waals surface area (Å²) >= 11 is 0. The smallest absolute Gasteiger partial charge is 0.0541 e. The third kappa shape index (κ3) is 5.58. The first-order valence-electron chi connectivity index (χ1n) is 19.7. The van der Waals surface area contributed by atoms with Crippen LogP contribution >= 0.6 is 0 Å². The number of hydrogen-bond donors (Lipinski definition) is 0. The predicted octanol–water partition coefficient (Wildman–Crippen LogP) is 13.1. The van der Waals surface area contributed by atoms with Crippen LogP contribution in [0, 0.1) is 5.92 Å². The summed E-state index contributed by atoms with van der Waals surface area (Å²) in [5.41, 5.74) is 13.1. The van der Waals surface area contributed by atoms with Gasteiger partial charge >= 0.3 is 0 Å². The first-order valence-corrected chi connectivity index (χ1v) is 19.7. The van der Waals surface area contributed by atoms with Gasteiger partial charge < -0.3 is 13.7 Å². The van der Waals surface area contributed by atoms with Crippen molar-refractivity contribution in [1.29, 1.82) is 0 Å². The number of nitrogens with zero attached hydrogens (tertiary/aromatic N) is 3. The van der Waals surface area contributed by atoms with Crippen molar-refractivity contribution in [1.82, 2.24) is 13.7 Å². The Bertz CT molecular complexity index is 2690. The van der Waals surface area contributed by atoms with E-state index in [1.807, 2.05) is 0 Å². The molecule has 0 saturated carbocycles. The zero-order chi connectivity index (χ0) is 36.2. The number of benzene rings is 7. The number of hydrogen-bond acceptors (Lipinski definition) is 0. The molecule has 0 aliphatic heterocycles. The van der Waals surface area contributed by atoms with Crippen molar-refractivity contribution >= 4 is 65.4 Å². The summed E-state index contributed by atoms with van der Waals surface area (Å²) in [6.07, 6.45) is 4.26. The molecular formula is C51H45N3. The van der Waals surface area contributed by atoms with Crippen LogP contribution in [0.25, 0.3) is 71.1 Å². The molecule has 0 aliphatic carbocycles. The number of fused-ring (bicyclic) bond motifs is 9. The van der Waals surface area contributed by atoms with E-state index < -0.39 is 0 Å². The predicted molar refractivity (Wildman–Crippen MR) is 230 cm³/mol. The summed E-state index contributed by atoms with van der Waals surface area (Å²) < 4.78 is 7.49. The van der Waals surface area contributed by atoms with Crippen LogP contribution in [0.4, 0.5) is 0 Å². The zero-order valence-corrected chi connectivity index (χ0v) is 31.2. The first kappa shape index (κ1) is 32.6. The molecule has 0 radical (unpaired) electrons. The Balaban J connectivity index is 1.04. The minimum Gasteiger partial charge on any atom is -0.340 e. The highest BCUT2D eigenvalue weighted by atomic mass is 15.0. The van der Waals surface area contributed by atoms with Crippen LogP contribution in [-0.2, 0) is 32.4 Å². The highest BCUT2D eigenvalue weighted by molar-refractivity contribution is 6.10. The summed E-state index contributed by atoms with van der Waals surface area (Å²) in [5, 5.41) is 7.97. The van der Waals surface area contributed by atoms with E-state index in [4.69, 9.17) is 0 Å². The standard InChI is InChI=1S/C51H45N3/c1-35(2)19-20-36-21-25-39(26-22-36)54-50-27-23-37(29-31-52-46-15-7-3-11-40(46)41-12-4-8-16-47(41)52)33-44(50)45-34-38(24-28-51(45)54)30-32-53-48-17-9-5-13-42(48)43-14-6-10-18-49(43)53/h3-18,21-28,33-35H,19-20,29-32H2,1-2H3. The Morgan fingerprint density at radius 3 is 1.17 bits per heavy atom. The lowest BCUT2D eigenvalue weighted by molar-refractivity contribution is 0.587. The van der Waals surface area contributed by atoms with Crippen molar-refractivity contribution in [2.75, 3.05) is 0 Å². The average molecular weight is 700 g/mol. The lowest BCUT2D eigenvalue weighted by Gasteiger charge is -2.11. The van der Waals surface area contributed by atoms with E-state index in [2.05, 4.69) is 185 Å². The van der Waals surface area contributed by atoms with Crippen molar-refractivity contribution in [3.8, 4) is 5.69 Å². The van der Waals surface area contributed by atoms with Gasteiger partial charge in [-0.05, 0) is 109 Å². The molecule has 0 atom stereocenters. The number of aryl methyl sites for hydroxylation is 5. The SMILES string of the molecule is CC(C)CCc1ccc(-n2c3ccc(CCn4c5ccccc5c5ccccc54)cc3c3cc(CCn4c5ccccc5c5ccccc54)ccc32)cc1. The molecule has 3 aromatic heterocycles. The van der Waals surface area contributed by atoms with E-state index >= 15 is 0 Å². The van der Waals surface area contributed by atoms with Gasteiger partial charge in [0.05, 0.1) is 11.0 Å². The Hall–Kier alpha value is -6.06. The van der Waals surface area contributed by atoms with Crippen LogP contribution in [0.5, 0.6) is 0 Å². The van der Waals surface area contributed by atoms with Crippen molar-refractivity contribution in [3.05, 3.63) is 174 Å². The number of para-hydroxylation sites is 4. The van der Waals surface area contributed by atoms with Crippen molar-refractivity contribution < 1.29 is 0 Å². The second-order valence-electron chi connectivity index (χ2n) is 15.5. The molecule has 10 rings (SSSR count). The Kier molecular flexibility index (Phi) is 8.09. The molecule has 0 amide bonds. The maximum atomic E-state index is 2.51. The van der Waals surface area contributed by atoms with Crippen LogP contribution in [-0.4, -0.2) is 13.7 Å². The van der Waals surface area contributed by atoms with Crippen LogP contribution in [0.3, 0.4) is 0 Å². The second-order valence-corrected chi connectivity index (χ2v) is 15.5. The molecule has 0 spiro atoms. The minimum absolute atomic E-state index is 0.704. The Morgan fingerprint density at radius 1 is 0.370 bits per heavy atom. The topological polar surface area (TPSA) is 14.8 Å². The molecule has 0 N–H and O–H groups in total. The molecule has 3 heteroatoms. The molecule has 3 nitrogen and oxygen atoms in total. The van der Waals surface area contributed by atoms with E-state index in [1.54, 1.807) is 0 Å². The zero-order valence-electron chi connectivity index (χ0n) is 31.2. The fourth-order valence-corrected chi connectivity index (χ4v) is 8.94. The van der Waals surface area contributed by atoms with E-state index in [-0.39, 0.29) is 0 Å². The fourth-order valence-electron chi connectivity index (χ4n) is 8.94. The van der Waals surface area contributed by atoms with Crippen LogP contribution < -0.4 is 0 Å². The van der Waals surface area contributed by atoms with Gasteiger partial charge in [-0.25, -0.2) is 0 Å². The highest BCUT2D eigenvalue weighted by Gasteiger charge is 2.16. The lowest BCUT2D eigenvalue weighted by atomic mass is 10.0. The molecule has 0 saturated heterocycles. The van der Waals surface area contributed by atoms with Crippen molar-refractivity contribution in [2.45, 2.75) is 52.6 Å². The van der Waals surface area contributed by atoms with Crippen molar-refractivity contribution in [2.24, 2.45) is 5.92 Å². The third-order valence-electron chi connectivity index (χ3n) is 11.7. The molecule has 0 bridgehead atoms. The molecule has 0 unspecified atom stereocenters. The highest BCUT2D eigenvalue weighted by Crippen LogP contribution is 2.35. The van der Waals surface area contributed by atoms with E-state index in [9.17, 15) is 0 Å². The number of aromatic nitrogens is 3. The van der Waals surface area contributed by atoms with Gasteiger partial charge in [-0.1, -0.05) is 111 Å². The fraction of sp³-hybridized carbons (Fsp3) is 0.176. The molecule has 7 aromatic carbocycles. The quantitative estimate of drug-likeness (QED) is 0.135. The summed E-state index contributed by atoms with van der Waals surface area (Å²) in [6, 6.07) is 59.0. The van der Waals surface area contributed by atoms with Crippen LogP contribution in [0.2, 0.25) is 0 Å². The van der Waals surface area contributed by atoms with Gasteiger partial charge in [0.25, 0.3) is 0 Å².